The third kappa shape index (κ3) is 3.13. The van der Waals surface area contributed by atoms with Crippen LogP contribution in [0.4, 0.5) is 0 Å². The molecule has 0 radical (unpaired) electrons. The van der Waals surface area contributed by atoms with Gasteiger partial charge in [-0.15, -0.1) is 0 Å². The zero-order valence-corrected chi connectivity index (χ0v) is 14.1. The number of benzene rings is 1. The van der Waals surface area contributed by atoms with E-state index in [2.05, 4.69) is 0 Å². The first-order chi connectivity index (χ1) is 10.2. The second kappa shape index (κ2) is 5.93. The van der Waals surface area contributed by atoms with Gasteiger partial charge in [0.05, 0.1) is 30.5 Å². The Morgan fingerprint density at radius 3 is 2.23 bits per heavy atom. The first kappa shape index (κ1) is 16.8. The van der Waals surface area contributed by atoms with Crippen molar-refractivity contribution in [2.24, 2.45) is 0 Å². The average Bonchev–Trinajstić information content (AvgIpc) is 2.66. The molecule has 1 aromatic carbocycles. The van der Waals surface area contributed by atoms with E-state index in [1.54, 1.807) is 12.1 Å². The van der Waals surface area contributed by atoms with Crippen LogP contribution in [0.25, 0.3) is 0 Å². The van der Waals surface area contributed by atoms with Crippen LogP contribution in [0, 0.1) is 0 Å². The van der Waals surface area contributed by atoms with Gasteiger partial charge in [0.25, 0.3) is 0 Å². The maximum absolute atomic E-state index is 11.8. The van der Waals surface area contributed by atoms with Crippen LogP contribution in [0.15, 0.2) is 18.2 Å². The molecule has 6 heteroatoms. The second-order valence-corrected chi connectivity index (χ2v) is 6.30. The molecule has 120 valence electrons. The van der Waals surface area contributed by atoms with Gasteiger partial charge in [-0.25, -0.2) is 4.79 Å². The van der Waals surface area contributed by atoms with E-state index in [0.717, 1.165) is 5.46 Å². The van der Waals surface area contributed by atoms with Gasteiger partial charge in [0.2, 0.25) is 0 Å². The highest BCUT2D eigenvalue weighted by molar-refractivity contribution is 6.62. The summed E-state index contributed by atoms with van der Waals surface area (Å²) in [7, 11) is 0.804. The number of carbonyl (C=O) groups is 1. The van der Waals surface area contributed by atoms with Gasteiger partial charge in [0.15, 0.2) is 0 Å². The fraction of sp³-hybridized carbons (Fsp3) is 0.562. The van der Waals surface area contributed by atoms with Crippen molar-refractivity contribution >= 4 is 18.6 Å². The molecular formula is C16H23BO5. The van der Waals surface area contributed by atoms with Crippen molar-refractivity contribution in [1.82, 2.24) is 0 Å². The zero-order chi connectivity index (χ0) is 16.5. The number of methoxy groups -OCH3 is 1. The normalized spacial score (nSPS) is 19.1. The summed E-state index contributed by atoms with van der Waals surface area (Å²) in [6.07, 6.45) is 0. The summed E-state index contributed by atoms with van der Waals surface area (Å²) in [6, 6.07) is 5.21. The molecule has 0 unspecified atom stereocenters. The Balaban J connectivity index is 2.38. The molecule has 1 aliphatic heterocycles. The molecule has 22 heavy (non-hydrogen) atoms. The van der Waals surface area contributed by atoms with E-state index in [-0.39, 0.29) is 0 Å². The molecule has 0 bridgehead atoms. The quantitative estimate of drug-likeness (QED) is 0.630. The van der Waals surface area contributed by atoms with Crippen LogP contribution in [-0.2, 0) is 14.0 Å². The molecule has 1 aliphatic rings. The van der Waals surface area contributed by atoms with Gasteiger partial charge in [-0.05, 0) is 58.3 Å². The van der Waals surface area contributed by atoms with Gasteiger partial charge in [-0.3, -0.25) is 0 Å². The Morgan fingerprint density at radius 2 is 1.73 bits per heavy atom. The molecule has 1 fully saturated rings. The van der Waals surface area contributed by atoms with Crippen molar-refractivity contribution in [1.29, 1.82) is 0 Å². The fourth-order valence-electron chi connectivity index (χ4n) is 2.22. The molecule has 5 nitrogen and oxygen atoms in total. The molecule has 2 rings (SSSR count). The molecule has 0 atom stereocenters. The maximum atomic E-state index is 11.8. The minimum Gasteiger partial charge on any atom is -0.494 e. The molecule has 1 saturated heterocycles. The standard InChI is InChI=1S/C16H23BO5/c1-7-20-13-9-11(14(18)19-6)8-12(10-13)17-21-15(2,3)16(4,5)22-17/h8-10H,7H2,1-6H3. The van der Waals surface area contributed by atoms with Crippen molar-refractivity contribution in [3.63, 3.8) is 0 Å². The molecule has 0 aromatic heterocycles. The summed E-state index contributed by atoms with van der Waals surface area (Å²) in [5.74, 6) is 0.175. The summed E-state index contributed by atoms with van der Waals surface area (Å²) in [5.41, 5.74) is 0.276. The minimum atomic E-state index is -0.547. The summed E-state index contributed by atoms with van der Waals surface area (Å²) >= 11 is 0. The SMILES string of the molecule is CCOc1cc(B2OC(C)(C)C(C)(C)O2)cc(C(=O)OC)c1. The van der Waals surface area contributed by atoms with Gasteiger partial charge in [0.1, 0.15) is 5.75 Å². The number of rotatable bonds is 4. The lowest BCUT2D eigenvalue weighted by atomic mass is 9.78. The van der Waals surface area contributed by atoms with Crippen LogP contribution in [0.5, 0.6) is 5.75 Å². The van der Waals surface area contributed by atoms with Gasteiger partial charge in [-0.1, -0.05) is 0 Å². The summed E-state index contributed by atoms with van der Waals surface area (Å²) in [5, 5.41) is 0. The monoisotopic (exact) mass is 306 g/mol. The lowest BCUT2D eigenvalue weighted by Gasteiger charge is -2.32. The van der Waals surface area contributed by atoms with Crippen LogP contribution in [0.3, 0.4) is 0 Å². The van der Waals surface area contributed by atoms with Gasteiger partial charge in [-0.2, -0.15) is 0 Å². The number of hydrogen-bond acceptors (Lipinski definition) is 5. The van der Waals surface area contributed by atoms with E-state index in [1.165, 1.54) is 7.11 Å². The predicted octanol–water partition coefficient (Wildman–Crippen LogP) is 2.17. The van der Waals surface area contributed by atoms with E-state index >= 15 is 0 Å². The number of ether oxygens (including phenoxy) is 2. The minimum absolute atomic E-state index is 0.415. The van der Waals surface area contributed by atoms with E-state index in [4.69, 9.17) is 18.8 Å². The van der Waals surface area contributed by atoms with Crippen LogP contribution in [0.2, 0.25) is 0 Å². The Labute approximate surface area is 132 Å². The Morgan fingerprint density at radius 1 is 1.14 bits per heavy atom. The first-order valence-corrected chi connectivity index (χ1v) is 7.42. The van der Waals surface area contributed by atoms with Crippen molar-refractivity contribution < 1.29 is 23.6 Å². The molecule has 1 heterocycles. The molecule has 0 N–H and O–H groups in total. The number of esters is 1. The average molecular weight is 306 g/mol. The van der Waals surface area contributed by atoms with Gasteiger partial charge in [0, 0.05) is 0 Å². The summed E-state index contributed by atoms with van der Waals surface area (Å²) in [6.45, 7) is 10.3. The van der Waals surface area contributed by atoms with Gasteiger partial charge < -0.3 is 18.8 Å². The number of hydrogen-bond donors (Lipinski definition) is 0. The van der Waals surface area contributed by atoms with Crippen molar-refractivity contribution in [3.8, 4) is 5.75 Å². The molecule has 1 aromatic rings. The largest absolute Gasteiger partial charge is 0.494 e. The van der Waals surface area contributed by atoms with Crippen molar-refractivity contribution in [2.75, 3.05) is 13.7 Å². The van der Waals surface area contributed by atoms with Crippen molar-refractivity contribution in [2.45, 2.75) is 45.8 Å². The van der Waals surface area contributed by atoms with E-state index in [1.807, 2.05) is 40.7 Å². The van der Waals surface area contributed by atoms with Crippen LogP contribution >= 0.6 is 0 Å². The summed E-state index contributed by atoms with van der Waals surface area (Å²) in [4.78, 5) is 11.8. The van der Waals surface area contributed by atoms with E-state index in [0.29, 0.717) is 17.9 Å². The highest BCUT2D eigenvalue weighted by Crippen LogP contribution is 2.36. The first-order valence-electron chi connectivity index (χ1n) is 7.42. The van der Waals surface area contributed by atoms with Crippen LogP contribution in [0.1, 0.15) is 45.0 Å². The second-order valence-electron chi connectivity index (χ2n) is 6.30. The topological polar surface area (TPSA) is 54.0 Å². The third-order valence-electron chi connectivity index (χ3n) is 4.19. The molecule has 0 aliphatic carbocycles. The Bertz CT molecular complexity index is 552. The Hall–Kier alpha value is -1.53. The Kier molecular flexibility index (Phi) is 4.54. The molecule has 0 spiro atoms. The van der Waals surface area contributed by atoms with Crippen molar-refractivity contribution in [3.05, 3.63) is 23.8 Å². The smallest absolute Gasteiger partial charge is 0.494 e. The lowest BCUT2D eigenvalue weighted by molar-refractivity contribution is 0.00578. The highest BCUT2D eigenvalue weighted by Gasteiger charge is 2.51. The molecular weight excluding hydrogens is 283 g/mol. The number of carbonyl (C=O) groups excluding carboxylic acids is 1. The molecule has 0 amide bonds. The van der Waals surface area contributed by atoms with E-state index < -0.39 is 24.3 Å². The van der Waals surface area contributed by atoms with Gasteiger partial charge >= 0.3 is 13.1 Å². The third-order valence-corrected chi connectivity index (χ3v) is 4.19. The maximum Gasteiger partial charge on any atom is 0.494 e. The predicted molar refractivity (Wildman–Crippen MR) is 84.7 cm³/mol. The lowest BCUT2D eigenvalue weighted by Crippen LogP contribution is -2.41. The van der Waals surface area contributed by atoms with Crippen LogP contribution in [-0.4, -0.2) is 38.0 Å². The molecule has 0 saturated carbocycles. The van der Waals surface area contributed by atoms with E-state index in [9.17, 15) is 4.79 Å². The summed E-state index contributed by atoms with van der Waals surface area (Å²) < 4.78 is 22.4. The van der Waals surface area contributed by atoms with Crippen LogP contribution < -0.4 is 10.2 Å². The fourth-order valence-corrected chi connectivity index (χ4v) is 2.22. The zero-order valence-electron chi connectivity index (χ0n) is 14.1. The highest BCUT2D eigenvalue weighted by atomic mass is 16.7.